The van der Waals surface area contributed by atoms with Crippen molar-refractivity contribution >= 4 is 5.91 Å². The van der Waals surface area contributed by atoms with Crippen LogP contribution in [0.15, 0.2) is 35.6 Å². The zero-order valence-electron chi connectivity index (χ0n) is 10.5. The third kappa shape index (κ3) is 3.66. The van der Waals surface area contributed by atoms with Crippen LogP contribution in [-0.2, 0) is 4.79 Å². The summed E-state index contributed by atoms with van der Waals surface area (Å²) in [6.07, 6.45) is 9.13. The van der Waals surface area contributed by atoms with Gasteiger partial charge in [0.25, 0.3) is 0 Å². The largest absolute Gasteiger partial charge is 0.315 e. The SMILES string of the molecule is CC1=CCC=C(N(C)C(=O)CN(C)C)C=C1. The standard InChI is InChI=1S/C13H20N2O/c1-11-6-5-7-12(9-8-11)15(4)13(16)10-14(2)3/h6-9H,5,10H2,1-4H3. The molecule has 0 atom stereocenters. The van der Waals surface area contributed by atoms with Crippen molar-refractivity contribution in [2.45, 2.75) is 13.3 Å². The first kappa shape index (κ1) is 12.7. The second kappa shape index (κ2) is 5.66. The van der Waals surface area contributed by atoms with Gasteiger partial charge >= 0.3 is 0 Å². The molecule has 1 aliphatic rings. The first-order valence-corrected chi connectivity index (χ1v) is 5.47. The molecule has 88 valence electrons. The van der Waals surface area contributed by atoms with E-state index in [0.717, 1.165) is 12.1 Å². The summed E-state index contributed by atoms with van der Waals surface area (Å²) in [5, 5.41) is 0. The van der Waals surface area contributed by atoms with Gasteiger partial charge < -0.3 is 9.80 Å². The molecule has 0 saturated carbocycles. The minimum atomic E-state index is 0.112. The first-order valence-electron chi connectivity index (χ1n) is 5.47. The van der Waals surface area contributed by atoms with Gasteiger partial charge in [-0.25, -0.2) is 0 Å². The topological polar surface area (TPSA) is 23.6 Å². The monoisotopic (exact) mass is 220 g/mol. The average Bonchev–Trinajstić information content (AvgIpc) is 2.41. The van der Waals surface area contributed by atoms with Crippen LogP contribution in [0.25, 0.3) is 0 Å². The van der Waals surface area contributed by atoms with Gasteiger partial charge in [-0.3, -0.25) is 4.79 Å². The van der Waals surface area contributed by atoms with E-state index in [1.54, 1.807) is 4.90 Å². The Labute approximate surface area is 97.7 Å². The lowest BCUT2D eigenvalue weighted by Crippen LogP contribution is -2.34. The minimum Gasteiger partial charge on any atom is -0.315 e. The van der Waals surface area contributed by atoms with Gasteiger partial charge in [0.05, 0.1) is 6.54 Å². The Morgan fingerprint density at radius 2 is 1.94 bits per heavy atom. The number of amides is 1. The molecule has 0 fully saturated rings. The van der Waals surface area contributed by atoms with Crippen molar-refractivity contribution in [3.8, 4) is 0 Å². The molecule has 0 aliphatic heterocycles. The maximum absolute atomic E-state index is 11.8. The predicted molar refractivity (Wildman–Crippen MR) is 66.9 cm³/mol. The highest BCUT2D eigenvalue weighted by molar-refractivity contribution is 5.80. The Balaban J connectivity index is 2.68. The fourth-order valence-corrected chi connectivity index (χ4v) is 1.49. The molecule has 0 radical (unpaired) electrons. The molecule has 0 aromatic carbocycles. The van der Waals surface area contributed by atoms with Gasteiger partial charge in [-0.2, -0.15) is 0 Å². The van der Waals surface area contributed by atoms with Crippen LogP contribution in [0.4, 0.5) is 0 Å². The van der Waals surface area contributed by atoms with Gasteiger partial charge in [0.15, 0.2) is 0 Å². The molecule has 16 heavy (non-hydrogen) atoms. The molecule has 0 heterocycles. The van der Waals surface area contributed by atoms with Crippen molar-refractivity contribution in [2.24, 2.45) is 0 Å². The van der Waals surface area contributed by atoms with Crippen LogP contribution < -0.4 is 0 Å². The summed E-state index contributed by atoms with van der Waals surface area (Å²) in [6, 6.07) is 0. The molecule has 1 aliphatic carbocycles. The molecule has 0 aromatic rings. The van der Waals surface area contributed by atoms with Gasteiger partial charge in [0.1, 0.15) is 0 Å². The average molecular weight is 220 g/mol. The lowest BCUT2D eigenvalue weighted by atomic mass is 10.2. The third-order valence-electron chi connectivity index (χ3n) is 2.50. The Hall–Kier alpha value is -1.35. The zero-order valence-corrected chi connectivity index (χ0v) is 10.5. The molecule has 0 saturated heterocycles. The van der Waals surface area contributed by atoms with Crippen molar-refractivity contribution in [3.63, 3.8) is 0 Å². The molecule has 1 amide bonds. The van der Waals surface area contributed by atoms with Crippen LogP contribution in [0.3, 0.4) is 0 Å². The Morgan fingerprint density at radius 1 is 1.25 bits per heavy atom. The lowest BCUT2D eigenvalue weighted by Gasteiger charge is -2.20. The van der Waals surface area contributed by atoms with E-state index in [2.05, 4.69) is 19.1 Å². The number of rotatable bonds is 3. The van der Waals surface area contributed by atoms with Gasteiger partial charge in [-0.05, 0) is 33.5 Å². The van der Waals surface area contributed by atoms with Crippen LogP contribution in [0.1, 0.15) is 13.3 Å². The Kier molecular flexibility index (Phi) is 4.50. The Bertz CT molecular complexity index is 351. The van der Waals surface area contributed by atoms with Crippen molar-refractivity contribution in [1.82, 2.24) is 9.80 Å². The van der Waals surface area contributed by atoms with E-state index >= 15 is 0 Å². The lowest BCUT2D eigenvalue weighted by molar-refractivity contribution is -0.128. The summed E-state index contributed by atoms with van der Waals surface area (Å²) in [5.74, 6) is 0.112. The highest BCUT2D eigenvalue weighted by Crippen LogP contribution is 2.13. The van der Waals surface area contributed by atoms with E-state index in [4.69, 9.17) is 0 Å². The molecule has 0 bridgehead atoms. The Morgan fingerprint density at radius 3 is 2.56 bits per heavy atom. The zero-order chi connectivity index (χ0) is 12.1. The summed E-state index contributed by atoms with van der Waals surface area (Å²) in [5.41, 5.74) is 2.21. The molecule has 0 spiro atoms. The summed E-state index contributed by atoms with van der Waals surface area (Å²) < 4.78 is 0. The van der Waals surface area contributed by atoms with Crippen molar-refractivity contribution in [3.05, 3.63) is 35.6 Å². The van der Waals surface area contributed by atoms with E-state index in [9.17, 15) is 4.79 Å². The van der Waals surface area contributed by atoms with Crippen molar-refractivity contribution < 1.29 is 4.79 Å². The number of hydrogen-bond acceptors (Lipinski definition) is 2. The van der Waals surface area contributed by atoms with Crippen LogP contribution in [0.5, 0.6) is 0 Å². The van der Waals surface area contributed by atoms with E-state index in [1.807, 2.05) is 38.2 Å². The summed E-state index contributed by atoms with van der Waals surface area (Å²) in [4.78, 5) is 15.4. The van der Waals surface area contributed by atoms with Crippen LogP contribution in [0.2, 0.25) is 0 Å². The van der Waals surface area contributed by atoms with E-state index in [0.29, 0.717) is 6.54 Å². The van der Waals surface area contributed by atoms with Gasteiger partial charge in [0, 0.05) is 12.7 Å². The second-order valence-electron chi connectivity index (χ2n) is 4.34. The molecular weight excluding hydrogens is 200 g/mol. The molecule has 3 nitrogen and oxygen atoms in total. The number of carbonyl (C=O) groups is 1. The number of carbonyl (C=O) groups excluding carboxylic acids is 1. The van der Waals surface area contributed by atoms with Gasteiger partial charge in [0.2, 0.25) is 5.91 Å². The normalized spacial score (nSPS) is 15.6. The van der Waals surface area contributed by atoms with Crippen LogP contribution in [-0.4, -0.2) is 43.4 Å². The minimum absolute atomic E-state index is 0.112. The van der Waals surface area contributed by atoms with Crippen LogP contribution >= 0.6 is 0 Å². The molecule has 1 rings (SSSR count). The summed E-state index contributed by atoms with van der Waals surface area (Å²) in [7, 11) is 5.62. The van der Waals surface area contributed by atoms with Gasteiger partial charge in [-0.15, -0.1) is 0 Å². The predicted octanol–water partition coefficient (Wildman–Crippen LogP) is 1.80. The quantitative estimate of drug-likeness (QED) is 0.724. The molecule has 0 aromatic heterocycles. The maximum Gasteiger partial charge on any atom is 0.240 e. The van der Waals surface area contributed by atoms with Gasteiger partial charge in [-0.1, -0.05) is 23.8 Å². The van der Waals surface area contributed by atoms with E-state index in [1.165, 1.54) is 5.57 Å². The summed E-state index contributed by atoms with van der Waals surface area (Å²) >= 11 is 0. The molecule has 0 unspecified atom stereocenters. The van der Waals surface area contributed by atoms with Crippen molar-refractivity contribution in [1.29, 1.82) is 0 Å². The fraction of sp³-hybridized carbons (Fsp3) is 0.462. The third-order valence-corrected chi connectivity index (χ3v) is 2.50. The molecular formula is C13H20N2O. The highest BCUT2D eigenvalue weighted by atomic mass is 16.2. The molecule has 0 N–H and O–H groups in total. The smallest absolute Gasteiger partial charge is 0.240 e. The number of hydrogen-bond donors (Lipinski definition) is 0. The number of nitrogens with zero attached hydrogens (tertiary/aromatic N) is 2. The van der Waals surface area contributed by atoms with Crippen molar-refractivity contribution in [2.75, 3.05) is 27.7 Å². The fourth-order valence-electron chi connectivity index (χ4n) is 1.49. The first-order chi connectivity index (χ1) is 7.50. The maximum atomic E-state index is 11.8. The summed E-state index contributed by atoms with van der Waals surface area (Å²) in [6.45, 7) is 2.50. The van der Waals surface area contributed by atoms with E-state index in [-0.39, 0.29) is 5.91 Å². The van der Waals surface area contributed by atoms with E-state index < -0.39 is 0 Å². The van der Waals surface area contributed by atoms with Crippen LogP contribution in [0, 0.1) is 0 Å². The highest BCUT2D eigenvalue weighted by Gasteiger charge is 2.12. The number of likely N-dealkylation sites (N-methyl/N-ethyl adjacent to an activating group) is 2. The second-order valence-corrected chi connectivity index (χ2v) is 4.34. The molecule has 3 heteroatoms. The number of allylic oxidation sites excluding steroid dienone is 5.